The average Bonchev–Trinajstić information content (AvgIpc) is 2.61. The minimum atomic E-state index is 0. The Bertz CT molecular complexity index is 397. The van der Waals surface area contributed by atoms with E-state index in [1.165, 1.54) is 18.4 Å². The van der Waals surface area contributed by atoms with Crippen LogP contribution >= 0.6 is 0 Å². The van der Waals surface area contributed by atoms with Gasteiger partial charge in [0.25, 0.3) is 0 Å². The Morgan fingerprint density at radius 3 is 2.79 bits per heavy atom. The number of H-pyrrole nitrogens is 1. The van der Waals surface area contributed by atoms with Crippen molar-refractivity contribution in [3.63, 3.8) is 0 Å². The van der Waals surface area contributed by atoms with Gasteiger partial charge in [-0.15, -0.1) is 0 Å². The molecular formula is C10H13AgN3. The smallest absolute Gasteiger partial charge is 0.113 e. The van der Waals surface area contributed by atoms with E-state index in [0.717, 1.165) is 17.5 Å². The molecule has 79 valence electrons. The summed E-state index contributed by atoms with van der Waals surface area (Å²) in [5, 5.41) is 10.7. The van der Waals surface area contributed by atoms with Crippen molar-refractivity contribution in [2.75, 3.05) is 0 Å². The van der Waals surface area contributed by atoms with E-state index < -0.39 is 0 Å². The van der Waals surface area contributed by atoms with Gasteiger partial charge in [0.1, 0.15) is 11.0 Å². The van der Waals surface area contributed by atoms with Gasteiger partial charge in [-0.3, -0.25) is 0 Å². The topological polar surface area (TPSA) is 41.6 Å². The number of aromatic nitrogens is 3. The second-order valence-electron chi connectivity index (χ2n) is 3.25. The van der Waals surface area contributed by atoms with Crippen LogP contribution in [0.1, 0.15) is 25.3 Å². The number of benzene rings is 1. The van der Waals surface area contributed by atoms with E-state index in [1.807, 2.05) is 6.07 Å². The summed E-state index contributed by atoms with van der Waals surface area (Å²) in [5.74, 6) is 0. The van der Waals surface area contributed by atoms with Crippen molar-refractivity contribution < 1.29 is 22.4 Å². The molecule has 1 radical (unpaired) electrons. The predicted molar refractivity (Wildman–Crippen MR) is 52.5 cm³/mol. The summed E-state index contributed by atoms with van der Waals surface area (Å²) in [4.78, 5) is 0. The Morgan fingerprint density at radius 2 is 2.00 bits per heavy atom. The van der Waals surface area contributed by atoms with Gasteiger partial charge in [0, 0.05) is 22.4 Å². The summed E-state index contributed by atoms with van der Waals surface area (Å²) in [5.41, 5.74) is 3.26. The van der Waals surface area contributed by atoms with Gasteiger partial charge in [0.05, 0.1) is 0 Å². The van der Waals surface area contributed by atoms with E-state index in [9.17, 15) is 0 Å². The number of aryl methyl sites for hydroxylation is 1. The number of nitrogens with one attached hydrogen (secondary N) is 1. The third-order valence-electron chi connectivity index (χ3n) is 2.20. The third kappa shape index (κ3) is 2.44. The Hall–Kier alpha value is -0.640. The number of rotatable bonds is 3. The zero-order valence-electron chi connectivity index (χ0n) is 8.05. The first kappa shape index (κ1) is 11.4. The molecule has 1 aromatic carbocycles. The van der Waals surface area contributed by atoms with Gasteiger partial charge in [0.2, 0.25) is 0 Å². The molecular weight excluding hydrogens is 270 g/mol. The Morgan fingerprint density at radius 1 is 1.21 bits per heavy atom. The van der Waals surface area contributed by atoms with E-state index >= 15 is 0 Å². The second-order valence-corrected chi connectivity index (χ2v) is 3.25. The first-order valence-corrected chi connectivity index (χ1v) is 4.69. The first-order valence-electron chi connectivity index (χ1n) is 4.69. The fourth-order valence-electron chi connectivity index (χ4n) is 1.42. The normalized spacial score (nSPS) is 10.1. The molecule has 0 unspecified atom stereocenters. The summed E-state index contributed by atoms with van der Waals surface area (Å²) in [6.07, 6.45) is 3.61. The van der Waals surface area contributed by atoms with Crippen molar-refractivity contribution in [2.24, 2.45) is 0 Å². The second kappa shape index (κ2) is 5.29. The molecule has 0 bridgehead atoms. The maximum atomic E-state index is 4.05. The van der Waals surface area contributed by atoms with Crippen molar-refractivity contribution in [3.8, 4) is 0 Å². The van der Waals surface area contributed by atoms with Crippen molar-refractivity contribution in [2.45, 2.75) is 26.2 Å². The molecule has 0 atom stereocenters. The van der Waals surface area contributed by atoms with Crippen LogP contribution in [-0.2, 0) is 28.8 Å². The number of aromatic amines is 1. The minimum absolute atomic E-state index is 0. The van der Waals surface area contributed by atoms with Crippen molar-refractivity contribution >= 4 is 11.0 Å². The number of nitrogens with zero attached hydrogens (tertiary/aromatic N) is 2. The SMILES string of the molecule is CCCCc1ccc2n[nH]nc2c1.[Ag]. The number of fused-ring (bicyclic) bond motifs is 1. The molecule has 0 saturated heterocycles. The Kier molecular flexibility index (Phi) is 4.32. The monoisotopic (exact) mass is 282 g/mol. The van der Waals surface area contributed by atoms with Gasteiger partial charge < -0.3 is 0 Å². The van der Waals surface area contributed by atoms with Gasteiger partial charge in [0.15, 0.2) is 0 Å². The summed E-state index contributed by atoms with van der Waals surface area (Å²) in [6, 6.07) is 6.25. The molecule has 1 heterocycles. The van der Waals surface area contributed by atoms with Gasteiger partial charge >= 0.3 is 0 Å². The summed E-state index contributed by atoms with van der Waals surface area (Å²) >= 11 is 0. The maximum Gasteiger partial charge on any atom is 0.113 e. The number of unbranched alkanes of at least 4 members (excludes halogenated alkanes) is 1. The van der Waals surface area contributed by atoms with Crippen LogP contribution in [-0.4, -0.2) is 15.4 Å². The van der Waals surface area contributed by atoms with Gasteiger partial charge in [-0.2, -0.15) is 15.4 Å². The van der Waals surface area contributed by atoms with Crippen molar-refractivity contribution in [3.05, 3.63) is 23.8 Å². The molecule has 2 rings (SSSR count). The fourth-order valence-corrected chi connectivity index (χ4v) is 1.42. The third-order valence-corrected chi connectivity index (χ3v) is 2.20. The largest absolute Gasteiger partial charge is 0.197 e. The quantitative estimate of drug-likeness (QED) is 0.878. The summed E-state index contributed by atoms with van der Waals surface area (Å²) < 4.78 is 0. The summed E-state index contributed by atoms with van der Waals surface area (Å²) in [7, 11) is 0. The molecule has 3 nitrogen and oxygen atoms in total. The average molecular weight is 283 g/mol. The first-order chi connectivity index (χ1) is 6.40. The van der Waals surface area contributed by atoms with Crippen LogP contribution in [0, 0.1) is 0 Å². The van der Waals surface area contributed by atoms with E-state index in [4.69, 9.17) is 0 Å². The van der Waals surface area contributed by atoms with Crippen LogP contribution in [0.4, 0.5) is 0 Å². The van der Waals surface area contributed by atoms with Crippen molar-refractivity contribution in [1.82, 2.24) is 15.4 Å². The van der Waals surface area contributed by atoms with Crippen LogP contribution < -0.4 is 0 Å². The van der Waals surface area contributed by atoms with E-state index in [2.05, 4.69) is 34.5 Å². The molecule has 14 heavy (non-hydrogen) atoms. The molecule has 0 amide bonds. The molecule has 0 fully saturated rings. The van der Waals surface area contributed by atoms with Crippen LogP contribution in [0.2, 0.25) is 0 Å². The maximum absolute atomic E-state index is 4.05. The molecule has 0 saturated carbocycles. The molecule has 2 aromatic rings. The van der Waals surface area contributed by atoms with Crippen LogP contribution in [0.3, 0.4) is 0 Å². The van der Waals surface area contributed by atoms with Crippen LogP contribution in [0.15, 0.2) is 18.2 Å². The van der Waals surface area contributed by atoms with E-state index in [1.54, 1.807) is 0 Å². The van der Waals surface area contributed by atoms with Gasteiger partial charge in [-0.05, 0) is 30.5 Å². The zero-order chi connectivity index (χ0) is 9.10. The Balaban J connectivity index is 0.000000980. The molecule has 0 aliphatic heterocycles. The van der Waals surface area contributed by atoms with Crippen LogP contribution in [0.25, 0.3) is 11.0 Å². The number of hydrogen-bond donors (Lipinski definition) is 1. The molecule has 0 aliphatic rings. The zero-order valence-corrected chi connectivity index (χ0v) is 9.53. The number of hydrogen-bond acceptors (Lipinski definition) is 2. The molecule has 1 aromatic heterocycles. The molecule has 0 spiro atoms. The minimum Gasteiger partial charge on any atom is -0.197 e. The standard InChI is InChI=1S/C10H13N3.Ag/c1-2-3-4-8-5-6-9-10(7-8)12-13-11-9;/h5-7H,2-4H2,1H3,(H,11,12,13);. The van der Waals surface area contributed by atoms with Gasteiger partial charge in [-0.1, -0.05) is 19.4 Å². The molecule has 0 aliphatic carbocycles. The van der Waals surface area contributed by atoms with Crippen LogP contribution in [0.5, 0.6) is 0 Å². The summed E-state index contributed by atoms with van der Waals surface area (Å²) in [6.45, 7) is 2.20. The fraction of sp³-hybridized carbons (Fsp3) is 0.400. The van der Waals surface area contributed by atoms with E-state index in [0.29, 0.717) is 0 Å². The molecule has 1 N–H and O–H groups in total. The Labute approximate surface area is 98.8 Å². The predicted octanol–water partition coefficient (Wildman–Crippen LogP) is 2.30. The van der Waals surface area contributed by atoms with Gasteiger partial charge in [-0.25, -0.2) is 0 Å². The van der Waals surface area contributed by atoms with Crippen molar-refractivity contribution in [1.29, 1.82) is 0 Å². The van der Waals surface area contributed by atoms with E-state index in [-0.39, 0.29) is 22.4 Å². The molecule has 4 heteroatoms.